The van der Waals surface area contributed by atoms with Crippen LogP contribution in [0.2, 0.25) is 0 Å². The number of carbonyl (C=O) groups excluding carboxylic acids is 3. The molecule has 1 fully saturated rings. The van der Waals surface area contributed by atoms with Crippen LogP contribution in [0.15, 0.2) is 0 Å². The molecule has 0 aromatic heterocycles. The summed E-state index contributed by atoms with van der Waals surface area (Å²) in [7, 11) is 1.31. The first-order chi connectivity index (χ1) is 8.52. The van der Waals surface area contributed by atoms with Gasteiger partial charge in [-0.25, -0.2) is 0 Å². The van der Waals surface area contributed by atoms with E-state index in [-0.39, 0.29) is 36.7 Å². The van der Waals surface area contributed by atoms with E-state index in [1.54, 1.807) is 4.90 Å². The second-order valence-corrected chi connectivity index (χ2v) is 4.43. The van der Waals surface area contributed by atoms with Crippen molar-refractivity contribution in [2.24, 2.45) is 0 Å². The minimum atomic E-state index is -0.364. The molecule has 1 N–H and O–H groups in total. The van der Waals surface area contributed by atoms with Crippen molar-refractivity contribution >= 4 is 17.8 Å². The highest BCUT2D eigenvalue weighted by Crippen LogP contribution is 2.12. The Bertz CT molecular complexity index is 322. The Kier molecular flexibility index (Phi) is 5.61. The highest BCUT2D eigenvalue weighted by atomic mass is 16.5. The molecule has 0 spiro atoms. The monoisotopic (exact) mass is 256 g/mol. The lowest BCUT2D eigenvalue weighted by molar-refractivity contribution is -0.144. The maximum atomic E-state index is 11.8. The number of nitrogens with zero attached hydrogens (tertiary/aromatic N) is 1. The van der Waals surface area contributed by atoms with E-state index in [0.29, 0.717) is 13.1 Å². The van der Waals surface area contributed by atoms with E-state index in [2.05, 4.69) is 10.1 Å². The fourth-order valence-corrected chi connectivity index (χ4v) is 2.03. The van der Waals surface area contributed by atoms with Crippen LogP contribution in [-0.2, 0) is 19.1 Å². The lowest BCUT2D eigenvalue weighted by atomic mass is 10.0. The Labute approximate surface area is 107 Å². The molecule has 1 heterocycles. The van der Waals surface area contributed by atoms with E-state index in [0.717, 1.165) is 12.8 Å². The lowest BCUT2D eigenvalue weighted by Crippen LogP contribution is -2.46. The van der Waals surface area contributed by atoms with Crippen molar-refractivity contribution in [3.8, 4) is 0 Å². The first kappa shape index (κ1) is 14.5. The highest BCUT2D eigenvalue weighted by molar-refractivity contribution is 5.81. The van der Waals surface area contributed by atoms with Gasteiger partial charge in [-0.1, -0.05) is 0 Å². The third kappa shape index (κ3) is 4.73. The van der Waals surface area contributed by atoms with Crippen molar-refractivity contribution in [1.82, 2.24) is 10.2 Å². The number of piperidine rings is 1. The third-order valence-electron chi connectivity index (χ3n) is 3.03. The van der Waals surface area contributed by atoms with Crippen LogP contribution < -0.4 is 5.32 Å². The molecule has 102 valence electrons. The van der Waals surface area contributed by atoms with Gasteiger partial charge in [0, 0.05) is 32.5 Å². The quantitative estimate of drug-likeness (QED) is 0.722. The van der Waals surface area contributed by atoms with Gasteiger partial charge in [0.15, 0.2) is 0 Å². The number of hydrogen-bond acceptors (Lipinski definition) is 4. The summed E-state index contributed by atoms with van der Waals surface area (Å²) in [6.07, 6.45) is 1.85. The Hall–Kier alpha value is -1.59. The molecule has 0 aromatic carbocycles. The Morgan fingerprint density at radius 3 is 2.33 bits per heavy atom. The fraction of sp³-hybridized carbons (Fsp3) is 0.750. The number of likely N-dealkylation sites (tertiary alicyclic amines) is 1. The minimum absolute atomic E-state index is 0.0262. The smallest absolute Gasteiger partial charge is 0.306 e. The molecule has 1 aliphatic heterocycles. The van der Waals surface area contributed by atoms with E-state index in [1.807, 2.05) is 0 Å². The Morgan fingerprint density at radius 2 is 1.83 bits per heavy atom. The summed E-state index contributed by atoms with van der Waals surface area (Å²) in [6, 6.07) is 0.159. The SMILES string of the molecule is COC(=O)CCC(=O)N1CCC(NC(C)=O)CC1. The number of nitrogens with one attached hydrogen (secondary N) is 1. The van der Waals surface area contributed by atoms with Gasteiger partial charge < -0.3 is 15.0 Å². The Morgan fingerprint density at radius 1 is 1.22 bits per heavy atom. The average molecular weight is 256 g/mol. The number of hydrogen-bond donors (Lipinski definition) is 1. The zero-order chi connectivity index (χ0) is 13.5. The van der Waals surface area contributed by atoms with Crippen LogP contribution in [0.25, 0.3) is 0 Å². The van der Waals surface area contributed by atoms with Crippen LogP contribution in [0.5, 0.6) is 0 Å². The van der Waals surface area contributed by atoms with Crippen LogP contribution in [-0.4, -0.2) is 48.9 Å². The van der Waals surface area contributed by atoms with Gasteiger partial charge >= 0.3 is 5.97 Å². The minimum Gasteiger partial charge on any atom is -0.469 e. The standard InChI is InChI=1S/C12H20N2O4/c1-9(15)13-10-5-7-14(8-6-10)11(16)3-4-12(17)18-2/h10H,3-8H2,1-2H3,(H,13,15). The maximum absolute atomic E-state index is 11.8. The van der Waals surface area contributed by atoms with E-state index < -0.39 is 0 Å². The van der Waals surface area contributed by atoms with Crippen molar-refractivity contribution in [1.29, 1.82) is 0 Å². The van der Waals surface area contributed by atoms with Crippen molar-refractivity contribution in [3.05, 3.63) is 0 Å². The maximum Gasteiger partial charge on any atom is 0.306 e. The van der Waals surface area contributed by atoms with Crippen molar-refractivity contribution in [2.45, 2.75) is 38.6 Å². The van der Waals surface area contributed by atoms with Gasteiger partial charge in [-0.2, -0.15) is 0 Å². The highest BCUT2D eigenvalue weighted by Gasteiger charge is 2.23. The molecule has 0 unspecified atom stereocenters. The van der Waals surface area contributed by atoms with Crippen LogP contribution in [0.4, 0.5) is 0 Å². The lowest BCUT2D eigenvalue weighted by Gasteiger charge is -2.32. The first-order valence-electron chi connectivity index (χ1n) is 6.14. The molecule has 1 aliphatic rings. The first-order valence-corrected chi connectivity index (χ1v) is 6.14. The number of amides is 2. The number of esters is 1. The normalized spacial score (nSPS) is 16.2. The van der Waals surface area contributed by atoms with Crippen LogP contribution >= 0.6 is 0 Å². The second-order valence-electron chi connectivity index (χ2n) is 4.43. The molecule has 0 saturated carbocycles. The molecule has 0 atom stereocenters. The summed E-state index contributed by atoms with van der Waals surface area (Å²) in [4.78, 5) is 35.3. The predicted molar refractivity (Wildman–Crippen MR) is 64.7 cm³/mol. The zero-order valence-corrected chi connectivity index (χ0v) is 10.9. The molecular formula is C12H20N2O4. The van der Waals surface area contributed by atoms with Gasteiger partial charge in [-0.15, -0.1) is 0 Å². The summed E-state index contributed by atoms with van der Waals surface area (Å²) < 4.78 is 4.49. The third-order valence-corrected chi connectivity index (χ3v) is 3.03. The van der Waals surface area contributed by atoms with Gasteiger partial charge in [0.25, 0.3) is 0 Å². The van der Waals surface area contributed by atoms with Gasteiger partial charge in [-0.3, -0.25) is 14.4 Å². The molecule has 2 amide bonds. The number of rotatable bonds is 4. The van der Waals surface area contributed by atoms with Crippen LogP contribution in [0.3, 0.4) is 0 Å². The average Bonchev–Trinajstić information content (AvgIpc) is 2.35. The second kappa shape index (κ2) is 6.98. The van der Waals surface area contributed by atoms with E-state index in [4.69, 9.17) is 0 Å². The largest absolute Gasteiger partial charge is 0.469 e. The molecule has 1 rings (SSSR count). The molecule has 18 heavy (non-hydrogen) atoms. The number of carbonyl (C=O) groups is 3. The van der Waals surface area contributed by atoms with E-state index in [1.165, 1.54) is 14.0 Å². The fourth-order valence-electron chi connectivity index (χ4n) is 2.03. The summed E-state index contributed by atoms with van der Waals surface area (Å²) in [5.74, 6) is -0.427. The summed E-state index contributed by atoms with van der Waals surface area (Å²) in [6.45, 7) is 2.75. The number of ether oxygens (including phenoxy) is 1. The van der Waals surface area contributed by atoms with Crippen molar-refractivity contribution in [2.75, 3.05) is 20.2 Å². The van der Waals surface area contributed by atoms with Crippen molar-refractivity contribution in [3.63, 3.8) is 0 Å². The van der Waals surface area contributed by atoms with Gasteiger partial charge in [0.1, 0.15) is 0 Å². The molecule has 0 aromatic rings. The predicted octanol–water partition coefficient (Wildman–Crippen LogP) is 0.0667. The van der Waals surface area contributed by atoms with Crippen LogP contribution in [0.1, 0.15) is 32.6 Å². The van der Waals surface area contributed by atoms with Gasteiger partial charge in [0.2, 0.25) is 11.8 Å². The van der Waals surface area contributed by atoms with Crippen molar-refractivity contribution < 1.29 is 19.1 Å². The summed E-state index contributed by atoms with van der Waals surface area (Å²) in [5.41, 5.74) is 0. The topological polar surface area (TPSA) is 75.7 Å². The zero-order valence-electron chi connectivity index (χ0n) is 10.9. The molecule has 1 saturated heterocycles. The molecular weight excluding hydrogens is 236 g/mol. The van der Waals surface area contributed by atoms with Gasteiger partial charge in [-0.05, 0) is 12.8 Å². The van der Waals surface area contributed by atoms with E-state index >= 15 is 0 Å². The van der Waals surface area contributed by atoms with Crippen LogP contribution in [0, 0.1) is 0 Å². The summed E-state index contributed by atoms with van der Waals surface area (Å²) in [5, 5.41) is 2.85. The number of methoxy groups -OCH3 is 1. The van der Waals surface area contributed by atoms with Gasteiger partial charge in [0.05, 0.1) is 13.5 Å². The summed E-state index contributed by atoms with van der Waals surface area (Å²) >= 11 is 0. The molecule has 0 bridgehead atoms. The Balaban J connectivity index is 2.27. The molecule has 6 heteroatoms. The van der Waals surface area contributed by atoms with E-state index in [9.17, 15) is 14.4 Å². The molecule has 6 nitrogen and oxygen atoms in total. The molecule has 0 aliphatic carbocycles. The molecule has 0 radical (unpaired) electrons.